The highest BCUT2D eigenvalue weighted by atomic mass is 32.1. The summed E-state index contributed by atoms with van der Waals surface area (Å²) in [6.45, 7) is 9.82. The van der Waals surface area contributed by atoms with Gasteiger partial charge in [-0.3, -0.25) is 4.99 Å². The van der Waals surface area contributed by atoms with E-state index < -0.39 is 11.9 Å². The summed E-state index contributed by atoms with van der Waals surface area (Å²) in [7, 11) is 1.66. The lowest BCUT2D eigenvalue weighted by Crippen LogP contribution is -2.40. The summed E-state index contributed by atoms with van der Waals surface area (Å²) in [5.74, 6) is 0.612. The predicted octanol–water partition coefficient (Wildman–Crippen LogP) is 3.32. The molecule has 0 aliphatic carbocycles. The van der Waals surface area contributed by atoms with Crippen molar-refractivity contribution in [1.29, 1.82) is 0 Å². The van der Waals surface area contributed by atoms with Crippen molar-refractivity contribution in [3.8, 4) is 0 Å². The summed E-state index contributed by atoms with van der Waals surface area (Å²) in [6, 6.07) is 0. The van der Waals surface area contributed by atoms with Gasteiger partial charge in [0, 0.05) is 32.0 Å². The highest BCUT2D eigenvalue weighted by Crippen LogP contribution is 2.30. The standard InChI is InChI=1S/C16H27F3N4OS/c1-6-20-14(22-9-12(24-5)15(2,3)4)21-8-7-13-23-11(10-25-13)16(17,18)19/h10,12H,6-9H2,1-5H3,(H2,20,21,22). The number of guanidine groups is 1. The van der Waals surface area contributed by atoms with Crippen LogP contribution >= 0.6 is 11.3 Å². The van der Waals surface area contributed by atoms with Gasteiger partial charge < -0.3 is 15.4 Å². The largest absolute Gasteiger partial charge is 0.434 e. The van der Waals surface area contributed by atoms with Crippen molar-refractivity contribution in [3.05, 3.63) is 16.1 Å². The number of aromatic nitrogens is 1. The van der Waals surface area contributed by atoms with Crippen molar-refractivity contribution in [3.63, 3.8) is 0 Å². The van der Waals surface area contributed by atoms with E-state index in [2.05, 4.69) is 41.4 Å². The molecule has 1 rings (SSSR count). The van der Waals surface area contributed by atoms with Gasteiger partial charge in [-0.25, -0.2) is 4.98 Å². The van der Waals surface area contributed by atoms with Crippen LogP contribution in [0.25, 0.3) is 0 Å². The van der Waals surface area contributed by atoms with Gasteiger partial charge >= 0.3 is 6.18 Å². The van der Waals surface area contributed by atoms with E-state index in [0.717, 1.165) is 16.7 Å². The summed E-state index contributed by atoms with van der Waals surface area (Å²) in [5, 5.41) is 7.72. The Labute approximate surface area is 151 Å². The highest BCUT2D eigenvalue weighted by molar-refractivity contribution is 7.09. The molecule has 144 valence electrons. The minimum Gasteiger partial charge on any atom is -0.379 e. The molecule has 1 unspecified atom stereocenters. The van der Waals surface area contributed by atoms with E-state index in [1.165, 1.54) is 0 Å². The third kappa shape index (κ3) is 7.60. The molecule has 0 saturated carbocycles. The first-order valence-electron chi connectivity index (χ1n) is 8.14. The Balaban J connectivity index is 2.58. The number of thiazole rings is 1. The maximum Gasteiger partial charge on any atom is 0.434 e. The van der Waals surface area contributed by atoms with Crippen molar-refractivity contribution >= 4 is 17.3 Å². The van der Waals surface area contributed by atoms with Crippen LogP contribution in [0.4, 0.5) is 13.2 Å². The minimum atomic E-state index is -4.39. The Morgan fingerprint density at radius 1 is 1.32 bits per heavy atom. The maximum atomic E-state index is 12.5. The second-order valence-electron chi connectivity index (χ2n) is 6.61. The molecule has 0 amide bonds. The normalized spacial score (nSPS) is 14.5. The number of rotatable bonds is 7. The summed E-state index contributed by atoms with van der Waals surface area (Å²) in [5.41, 5.74) is -0.869. The summed E-state index contributed by atoms with van der Waals surface area (Å²) >= 11 is 1.02. The Kier molecular flexibility index (Phi) is 8.14. The number of hydrogen-bond donors (Lipinski definition) is 2. The fraction of sp³-hybridized carbons (Fsp3) is 0.750. The molecule has 0 aliphatic heterocycles. The molecule has 1 atom stereocenters. The topological polar surface area (TPSA) is 58.5 Å². The lowest BCUT2D eigenvalue weighted by atomic mass is 9.89. The first kappa shape index (κ1) is 21.7. The summed E-state index contributed by atoms with van der Waals surface area (Å²) < 4.78 is 43.1. The number of hydrogen-bond acceptors (Lipinski definition) is 4. The van der Waals surface area contributed by atoms with Crippen LogP contribution in [0, 0.1) is 5.41 Å². The van der Waals surface area contributed by atoms with Gasteiger partial charge in [0.2, 0.25) is 0 Å². The van der Waals surface area contributed by atoms with Crippen LogP contribution in [0.5, 0.6) is 0 Å². The zero-order valence-electron chi connectivity index (χ0n) is 15.3. The van der Waals surface area contributed by atoms with Gasteiger partial charge in [0.1, 0.15) is 0 Å². The molecule has 9 heteroatoms. The average molecular weight is 380 g/mol. The van der Waals surface area contributed by atoms with Crippen LogP contribution in [0.1, 0.15) is 38.4 Å². The van der Waals surface area contributed by atoms with Crippen LogP contribution in [0.2, 0.25) is 0 Å². The number of alkyl halides is 3. The molecule has 25 heavy (non-hydrogen) atoms. The Morgan fingerprint density at radius 2 is 2.00 bits per heavy atom. The molecule has 1 aromatic rings. The van der Waals surface area contributed by atoms with Gasteiger partial charge in [-0.05, 0) is 12.3 Å². The summed E-state index contributed by atoms with van der Waals surface area (Å²) in [6.07, 6.45) is -4.02. The Hall–Kier alpha value is -1.35. The molecular weight excluding hydrogens is 353 g/mol. The van der Waals surface area contributed by atoms with E-state index in [4.69, 9.17) is 4.74 Å². The zero-order chi connectivity index (χ0) is 19.1. The molecule has 0 fully saturated rings. The smallest absolute Gasteiger partial charge is 0.379 e. The van der Waals surface area contributed by atoms with Crippen LogP contribution < -0.4 is 10.6 Å². The van der Waals surface area contributed by atoms with Crippen LogP contribution in [-0.2, 0) is 17.3 Å². The van der Waals surface area contributed by atoms with Crippen molar-refractivity contribution in [2.75, 3.05) is 26.7 Å². The minimum absolute atomic E-state index is 0.0312. The molecule has 1 aromatic heterocycles. The van der Waals surface area contributed by atoms with Crippen molar-refractivity contribution in [1.82, 2.24) is 15.6 Å². The van der Waals surface area contributed by atoms with Crippen LogP contribution in [-0.4, -0.2) is 43.8 Å². The van der Waals surface area contributed by atoms with Gasteiger partial charge in [-0.1, -0.05) is 20.8 Å². The number of ether oxygens (including phenoxy) is 1. The van der Waals surface area contributed by atoms with E-state index in [9.17, 15) is 13.2 Å². The number of aliphatic imine (C=N–C) groups is 1. The van der Waals surface area contributed by atoms with E-state index in [-0.39, 0.29) is 11.5 Å². The second kappa shape index (κ2) is 9.38. The number of nitrogens with one attached hydrogen (secondary N) is 2. The highest BCUT2D eigenvalue weighted by Gasteiger charge is 2.33. The van der Waals surface area contributed by atoms with Crippen molar-refractivity contribution in [2.24, 2.45) is 10.4 Å². The fourth-order valence-electron chi connectivity index (χ4n) is 2.06. The molecule has 0 spiro atoms. The van der Waals surface area contributed by atoms with E-state index in [1.54, 1.807) is 7.11 Å². The van der Waals surface area contributed by atoms with Gasteiger partial charge in [0.05, 0.1) is 17.7 Å². The van der Waals surface area contributed by atoms with Gasteiger partial charge in [0.15, 0.2) is 11.7 Å². The monoisotopic (exact) mass is 380 g/mol. The third-order valence-electron chi connectivity index (χ3n) is 3.48. The lowest BCUT2D eigenvalue weighted by Gasteiger charge is -2.28. The van der Waals surface area contributed by atoms with Crippen LogP contribution in [0.3, 0.4) is 0 Å². The number of methoxy groups -OCH3 is 1. The first-order chi connectivity index (χ1) is 11.6. The Morgan fingerprint density at radius 3 is 2.48 bits per heavy atom. The number of halogens is 3. The molecule has 2 N–H and O–H groups in total. The molecule has 0 radical (unpaired) electrons. The molecule has 5 nitrogen and oxygen atoms in total. The lowest BCUT2D eigenvalue weighted by molar-refractivity contribution is -0.140. The quantitative estimate of drug-likeness (QED) is 0.563. The van der Waals surface area contributed by atoms with E-state index >= 15 is 0 Å². The molecule has 0 saturated heterocycles. The number of nitrogens with zero attached hydrogens (tertiary/aromatic N) is 2. The second-order valence-corrected chi connectivity index (χ2v) is 7.55. The van der Waals surface area contributed by atoms with E-state index in [0.29, 0.717) is 37.0 Å². The zero-order valence-corrected chi connectivity index (χ0v) is 16.1. The third-order valence-corrected chi connectivity index (χ3v) is 4.39. The maximum absolute atomic E-state index is 12.5. The molecule has 1 heterocycles. The average Bonchev–Trinajstić information content (AvgIpc) is 2.95. The van der Waals surface area contributed by atoms with Crippen molar-refractivity contribution in [2.45, 2.75) is 46.4 Å². The van der Waals surface area contributed by atoms with Gasteiger partial charge in [-0.15, -0.1) is 11.3 Å². The Bertz CT molecular complexity index is 552. The van der Waals surface area contributed by atoms with Gasteiger partial charge in [-0.2, -0.15) is 13.2 Å². The SMILES string of the molecule is CCNC(=NCC(OC)C(C)(C)C)NCCc1nc(C(F)(F)F)cs1. The molecule has 0 bridgehead atoms. The van der Waals surface area contributed by atoms with Gasteiger partial charge in [0.25, 0.3) is 0 Å². The summed E-state index contributed by atoms with van der Waals surface area (Å²) in [4.78, 5) is 8.12. The predicted molar refractivity (Wildman–Crippen MR) is 95.1 cm³/mol. The van der Waals surface area contributed by atoms with Crippen molar-refractivity contribution < 1.29 is 17.9 Å². The first-order valence-corrected chi connectivity index (χ1v) is 9.02. The fourth-order valence-corrected chi connectivity index (χ4v) is 2.87. The molecular formula is C16H27F3N4OS. The molecule has 0 aromatic carbocycles. The van der Waals surface area contributed by atoms with E-state index in [1.807, 2.05) is 6.92 Å². The van der Waals surface area contributed by atoms with Crippen LogP contribution in [0.15, 0.2) is 10.4 Å². The molecule has 0 aliphatic rings.